The van der Waals surface area contributed by atoms with E-state index in [2.05, 4.69) is 5.10 Å². The topological polar surface area (TPSA) is 67.7 Å². The molecule has 8 heteroatoms. The number of aryl methyl sites for hydroxylation is 1. The predicted molar refractivity (Wildman–Crippen MR) is 122 cm³/mol. The molecule has 7 nitrogen and oxygen atoms in total. The van der Waals surface area contributed by atoms with Gasteiger partial charge >= 0.3 is 5.97 Å². The van der Waals surface area contributed by atoms with Crippen molar-refractivity contribution in [2.45, 2.75) is 13.0 Å². The first-order valence-electron chi connectivity index (χ1n) is 10.5. The lowest BCUT2D eigenvalue weighted by molar-refractivity contribution is -0.148. The Morgan fingerprint density at radius 3 is 2.28 bits per heavy atom. The minimum absolute atomic E-state index is 0.0271. The van der Waals surface area contributed by atoms with Crippen LogP contribution in [-0.2, 0) is 9.53 Å². The summed E-state index contributed by atoms with van der Waals surface area (Å²) in [6, 6.07) is 16.1. The lowest BCUT2D eigenvalue weighted by atomic mass is 10.0. The van der Waals surface area contributed by atoms with Gasteiger partial charge in [0.1, 0.15) is 6.04 Å². The Hall–Kier alpha value is -3.16. The molecule has 32 heavy (non-hydrogen) atoms. The maximum Gasteiger partial charge on any atom is 0.327 e. The highest BCUT2D eigenvalue weighted by molar-refractivity contribution is 6.31. The molecular formula is C24H25ClN4O3. The average Bonchev–Trinajstić information content (AvgIpc) is 3.26. The smallest absolute Gasteiger partial charge is 0.327 e. The maximum absolute atomic E-state index is 13.0. The van der Waals surface area contributed by atoms with E-state index in [1.54, 1.807) is 12.3 Å². The Balaban J connectivity index is 1.44. The summed E-state index contributed by atoms with van der Waals surface area (Å²) in [6.45, 7) is 4.09. The molecule has 2 heterocycles. The summed E-state index contributed by atoms with van der Waals surface area (Å²) in [5, 5.41) is 4.82. The van der Waals surface area contributed by atoms with Crippen LogP contribution in [-0.4, -0.2) is 64.7 Å². The van der Waals surface area contributed by atoms with Crippen molar-refractivity contribution < 1.29 is 14.3 Å². The van der Waals surface area contributed by atoms with Crippen LogP contribution in [0, 0.1) is 6.92 Å². The molecule has 2 aromatic carbocycles. The van der Waals surface area contributed by atoms with Gasteiger partial charge in [0.15, 0.2) is 0 Å². The summed E-state index contributed by atoms with van der Waals surface area (Å²) < 4.78 is 6.87. The second-order valence-electron chi connectivity index (χ2n) is 7.71. The zero-order valence-corrected chi connectivity index (χ0v) is 18.8. The number of ether oxygens (including phenoxy) is 1. The minimum Gasteiger partial charge on any atom is -0.468 e. The van der Waals surface area contributed by atoms with Gasteiger partial charge in [0.2, 0.25) is 0 Å². The Labute approximate surface area is 192 Å². The van der Waals surface area contributed by atoms with Crippen LogP contribution in [0.25, 0.3) is 5.69 Å². The number of aromatic nitrogens is 2. The Morgan fingerprint density at radius 2 is 1.69 bits per heavy atom. The Kier molecular flexibility index (Phi) is 6.58. The molecule has 1 aliphatic rings. The number of halogens is 1. The highest BCUT2D eigenvalue weighted by atomic mass is 35.5. The molecule has 0 saturated carbocycles. The number of methoxy groups -OCH3 is 1. The standard InChI is InChI=1S/C24H25ClN4O3/c1-17-11-12-26-29(17)19-9-7-18(8-10-19)23(30)28-15-13-27(14-16-28)22(24(31)32-2)20-5-3-4-6-21(20)25/h3-12,22H,13-16H2,1-2H3. The van der Waals surface area contributed by atoms with Gasteiger partial charge in [-0.15, -0.1) is 0 Å². The molecule has 3 aromatic rings. The van der Waals surface area contributed by atoms with E-state index in [1.807, 2.05) is 69.9 Å². The van der Waals surface area contributed by atoms with Crippen LogP contribution >= 0.6 is 11.6 Å². The van der Waals surface area contributed by atoms with E-state index in [0.717, 1.165) is 11.4 Å². The van der Waals surface area contributed by atoms with Gasteiger partial charge in [0, 0.05) is 48.7 Å². The predicted octanol–water partition coefficient (Wildman–Crippen LogP) is 3.51. The number of esters is 1. The van der Waals surface area contributed by atoms with Crippen molar-refractivity contribution in [2.24, 2.45) is 0 Å². The van der Waals surface area contributed by atoms with Crippen molar-refractivity contribution in [3.05, 3.63) is 82.6 Å². The van der Waals surface area contributed by atoms with Crippen LogP contribution in [0.2, 0.25) is 5.02 Å². The first-order valence-corrected chi connectivity index (χ1v) is 10.8. The van der Waals surface area contributed by atoms with Gasteiger partial charge in [-0.2, -0.15) is 5.10 Å². The molecule has 0 spiro atoms. The quantitative estimate of drug-likeness (QED) is 0.554. The molecule has 0 aliphatic carbocycles. The molecule has 0 bridgehead atoms. The number of hydrogen-bond acceptors (Lipinski definition) is 5. The summed E-state index contributed by atoms with van der Waals surface area (Å²) in [4.78, 5) is 29.4. The van der Waals surface area contributed by atoms with Crippen molar-refractivity contribution >= 4 is 23.5 Å². The maximum atomic E-state index is 13.0. The van der Waals surface area contributed by atoms with Gasteiger partial charge in [-0.1, -0.05) is 29.8 Å². The molecule has 1 amide bonds. The van der Waals surface area contributed by atoms with Crippen molar-refractivity contribution in [1.29, 1.82) is 0 Å². The highest BCUT2D eigenvalue weighted by Gasteiger charge is 2.33. The number of carbonyl (C=O) groups excluding carboxylic acids is 2. The van der Waals surface area contributed by atoms with E-state index in [0.29, 0.717) is 42.3 Å². The van der Waals surface area contributed by atoms with Gasteiger partial charge in [0.25, 0.3) is 5.91 Å². The van der Waals surface area contributed by atoms with E-state index in [4.69, 9.17) is 16.3 Å². The summed E-state index contributed by atoms with van der Waals surface area (Å²) in [5.41, 5.74) is 3.28. The molecule has 1 aliphatic heterocycles. The van der Waals surface area contributed by atoms with Gasteiger partial charge < -0.3 is 9.64 Å². The number of rotatable bonds is 5. The molecule has 0 radical (unpaired) electrons. The lowest BCUT2D eigenvalue weighted by Crippen LogP contribution is -2.51. The van der Waals surface area contributed by atoms with Gasteiger partial charge in [0.05, 0.1) is 12.8 Å². The summed E-state index contributed by atoms with van der Waals surface area (Å²) >= 11 is 6.35. The molecular weight excluding hydrogens is 428 g/mol. The van der Waals surface area contributed by atoms with Crippen LogP contribution in [0.5, 0.6) is 0 Å². The Bertz CT molecular complexity index is 1100. The largest absolute Gasteiger partial charge is 0.468 e. The number of benzene rings is 2. The van der Waals surface area contributed by atoms with Crippen LogP contribution in [0.1, 0.15) is 27.7 Å². The van der Waals surface area contributed by atoms with E-state index in [-0.39, 0.29) is 11.9 Å². The van der Waals surface area contributed by atoms with Crippen molar-refractivity contribution in [3.63, 3.8) is 0 Å². The highest BCUT2D eigenvalue weighted by Crippen LogP contribution is 2.29. The monoisotopic (exact) mass is 452 g/mol. The molecule has 1 unspecified atom stereocenters. The second-order valence-corrected chi connectivity index (χ2v) is 8.11. The van der Waals surface area contributed by atoms with Crippen LogP contribution < -0.4 is 0 Å². The molecule has 166 valence electrons. The minimum atomic E-state index is -0.595. The third-order valence-corrected chi connectivity index (χ3v) is 6.13. The van der Waals surface area contributed by atoms with E-state index >= 15 is 0 Å². The van der Waals surface area contributed by atoms with E-state index < -0.39 is 6.04 Å². The van der Waals surface area contributed by atoms with Gasteiger partial charge in [-0.25, -0.2) is 9.48 Å². The fourth-order valence-corrected chi connectivity index (χ4v) is 4.27. The van der Waals surface area contributed by atoms with E-state index in [1.165, 1.54) is 7.11 Å². The van der Waals surface area contributed by atoms with Crippen LogP contribution in [0.15, 0.2) is 60.8 Å². The molecule has 0 N–H and O–H groups in total. The summed E-state index contributed by atoms with van der Waals surface area (Å²) in [6.07, 6.45) is 1.75. The number of carbonyl (C=O) groups is 2. The molecule has 4 rings (SSSR count). The number of piperazine rings is 1. The fourth-order valence-electron chi connectivity index (χ4n) is 4.03. The van der Waals surface area contributed by atoms with Gasteiger partial charge in [-0.05, 0) is 48.9 Å². The van der Waals surface area contributed by atoms with Crippen molar-refractivity contribution in [1.82, 2.24) is 19.6 Å². The number of hydrogen-bond donors (Lipinski definition) is 0. The zero-order valence-electron chi connectivity index (χ0n) is 18.1. The normalized spacial score (nSPS) is 15.4. The SMILES string of the molecule is COC(=O)C(c1ccccc1Cl)N1CCN(C(=O)c2ccc(-n3nccc3C)cc2)CC1. The van der Waals surface area contributed by atoms with Crippen LogP contribution in [0.3, 0.4) is 0 Å². The lowest BCUT2D eigenvalue weighted by Gasteiger charge is -2.38. The van der Waals surface area contributed by atoms with Crippen molar-refractivity contribution in [2.75, 3.05) is 33.3 Å². The summed E-state index contributed by atoms with van der Waals surface area (Å²) in [7, 11) is 1.38. The molecule has 1 fully saturated rings. The van der Waals surface area contributed by atoms with Gasteiger partial charge in [-0.3, -0.25) is 9.69 Å². The number of amides is 1. The molecule has 1 atom stereocenters. The third-order valence-electron chi connectivity index (χ3n) is 5.78. The van der Waals surface area contributed by atoms with Crippen molar-refractivity contribution in [3.8, 4) is 5.69 Å². The molecule has 1 aromatic heterocycles. The summed E-state index contributed by atoms with van der Waals surface area (Å²) in [5.74, 6) is -0.386. The van der Waals surface area contributed by atoms with E-state index in [9.17, 15) is 9.59 Å². The second kappa shape index (κ2) is 9.54. The average molecular weight is 453 g/mol. The number of nitrogens with zero attached hydrogens (tertiary/aromatic N) is 4. The van der Waals surface area contributed by atoms with Crippen LogP contribution in [0.4, 0.5) is 0 Å². The first-order chi connectivity index (χ1) is 15.5. The first kappa shape index (κ1) is 22.0. The fraction of sp³-hybridized carbons (Fsp3) is 0.292. The third kappa shape index (κ3) is 4.40. The molecule has 1 saturated heterocycles. The Morgan fingerprint density at radius 1 is 1.00 bits per heavy atom. The zero-order chi connectivity index (χ0) is 22.7.